The number of rotatable bonds is 2. The topological polar surface area (TPSA) is 80.0 Å². The summed E-state index contributed by atoms with van der Waals surface area (Å²) in [5.74, 6) is 0.203. The molecule has 3 rings (SSSR count). The van der Waals surface area contributed by atoms with Gasteiger partial charge in [-0.2, -0.15) is 4.98 Å². The van der Waals surface area contributed by atoms with Crippen molar-refractivity contribution in [2.45, 2.75) is 45.2 Å². The highest BCUT2D eigenvalue weighted by atomic mass is 79.9. The van der Waals surface area contributed by atoms with Crippen molar-refractivity contribution >= 4 is 21.8 Å². The van der Waals surface area contributed by atoms with E-state index >= 15 is 0 Å². The van der Waals surface area contributed by atoms with Gasteiger partial charge in [-0.05, 0) is 36.2 Å². The van der Waals surface area contributed by atoms with E-state index in [-0.39, 0.29) is 23.3 Å². The Morgan fingerprint density at radius 3 is 2.92 bits per heavy atom. The summed E-state index contributed by atoms with van der Waals surface area (Å²) in [5.41, 5.74) is 2.04. The third-order valence-electron chi connectivity index (χ3n) is 4.00. The fourth-order valence-electron chi connectivity index (χ4n) is 2.68. The number of nitrogens with one attached hydrogen (secondary N) is 2. The van der Waals surface area contributed by atoms with Crippen LogP contribution in [0.2, 0.25) is 0 Å². The highest BCUT2D eigenvalue weighted by Crippen LogP contribution is 2.27. The Balaban J connectivity index is 1.81. The largest absolute Gasteiger partial charge is 0.341 e. The summed E-state index contributed by atoms with van der Waals surface area (Å²) >= 11 is 3.50. The first kappa shape index (κ1) is 17.1. The fraction of sp³-hybridized carbons (Fsp3) is 0.471. The SMILES string of the molecule is CC(C)(C)c1noc(C(=O)NC2CCNCc3cc(Br)ccc32)n1. The molecule has 1 aliphatic heterocycles. The molecule has 1 aliphatic rings. The Labute approximate surface area is 149 Å². The minimum absolute atomic E-state index is 0.00999. The fourth-order valence-corrected chi connectivity index (χ4v) is 3.09. The Hall–Kier alpha value is -1.73. The van der Waals surface area contributed by atoms with Gasteiger partial charge in [0.05, 0.1) is 6.04 Å². The van der Waals surface area contributed by atoms with Crippen LogP contribution in [0.1, 0.15) is 60.9 Å². The number of carbonyl (C=O) groups excluding carboxylic acids is 1. The van der Waals surface area contributed by atoms with E-state index in [1.165, 1.54) is 5.56 Å². The molecule has 1 amide bonds. The van der Waals surface area contributed by atoms with Crippen LogP contribution in [-0.2, 0) is 12.0 Å². The minimum atomic E-state index is -0.334. The zero-order valence-electron chi connectivity index (χ0n) is 14.0. The number of halogens is 1. The van der Waals surface area contributed by atoms with Gasteiger partial charge in [-0.1, -0.05) is 47.9 Å². The summed E-state index contributed by atoms with van der Waals surface area (Å²) in [5, 5.41) is 10.3. The first-order valence-electron chi connectivity index (χ1n) is 7.98. The number of fused-ring (bicyclic) bond motifs is 1. The lowest BCUT2D eigenvalue weighted by Crippen LogP contribution is -2.30. The van der Waals surface area contributed by atoms with Crippen LogP contribution < -0.4 is 10.6 Å². The molecule has 128 valence electrons. The maximum atomic E-state index is 12.5. The molecule has 7 heteroatoms. The molecule has 1 unspecified atom stereocenters. The van der Waals surface area contributed by atoms with Crippen molar-refractivity contribution in [3.63, 3.8) is 0 Å². The summed E-state index contributed by atoms with van der Waals surface area (Å²) in [6.07, 6.45) is 0.806. The van der Waals surface area contributed by atoms with Crippen molar-refractivity contribution in [3.05, 3.63) is 45.5 Å². The summed E-state index contributed by atoms with van der Waals surface area (Å²) in [6, 6.07) is 6.04. The molecule has 0 spiro atoms. The van der Waals surface area contributed by atoms with Crippen molar-refractivity contribution in [2.75, 3.05) is 6.54 Å². The molecule has 6 nitrogen and oxygen atoms in total. The summed E-state index contributed by atoms with van der Waals surface area (Å²) in [7, 11) is 0. The first-order chi connectivity index (χ1) is 11.3. The van der Waals surface area contributed by atoms with Gasteiger partial charge in [0.2, 0.25) is 0 Å². The maximum Gasteiger partial charge on any atom is 0.315 e. The third kappa shape index (κ3) is 3.67. The van der Waals surface area contributed by atoms with Gasteiger partial charge in [-0.3, -0.25) is 4.79 Å². The highest BCUT2D eigenvalue weighted by molar-refractivity contribution is 9.10. The molecule has 0 saturated carbocycles. The molecule has 0 bridgehead atoms. The third-order valence-corrected chi connectivity index (χ3v) is 4.50. The lowest BCUT2D eigenvalue weighted by Gasteiger charge is -2.18. The lowest BCUT2D eigenvalue weighted by atomic mass is 9.96. The van der Waals surface area contributed by atoms with Crippen LogP contribution in [0.5, 0.6) is 0 Å². The van der Waals surface area contributed by atoms with Crippen molar-refractivity contribution < 1.29 is 9.32 Å². The van der Waals surface area contributed by atoms with Crippen molar-refractivity contribution in [2.24, 2.45) is 0 Å². The molecule has 0 saturated heterocycles. The average molecular weight is 393 g/mol. The van der Waals surface area contributed by atoms with Gasteiger partial charge >= 0.3 is 11.8 Å². The van der Waals surface area contributed by atoms with Gasteiger partial charge < -0.3 is 15.2 Å². The molecule has 24 heavy (non-hydrogen) atoms. The van der Waals surface area contributed by atoms with E-state index in [9.17, 15) is 4.79 Å². The maximum absolute atomic E-state index is 12.5. The number of hydrogen-bond donors (Lipinski definition) is 2. The van der Waals surface area contributed by atoms with E-state index < -0.39 is 0 Å². The average Bonchev–Trinajstić information content (AvgIpc) is 2.93. The van der Waals surface area contributed by atoms with Crippen LogP contribution in [0.4, 0.5) is 0 Å². The molecule has 0 radical (unpaired) electrons. The highest BCUT2D eigenvalue weighted by Gasteiger charge is 2.26. The van der Waals surface area contributed by atoms with Gasteiger partial charge in [0.25, 0.3) is 0 Å². The number of nitrogens with zero attached hydrogens (tertiary/aromatic N) is 2. The van der Waals surface area contributed by atoms with Crippen LogP contribution in [0.25, 0.3) is 0 Å². The lowest BCUT2D eigenvalue weighted by molar-refractivity contribution is 0.0890. The minimum Gasteiger partial charge on any atom is -0.341 e. The zero-order chi connectivity index (χ0) is 17.3. The van der Waals surface area contributed by atoms with Gasteiger partial charge in [0.15, 0.2) is 5.82 Å². The second-order valence-corrected chi connectivity index (χ2v) is 7.92. The van der Waals surface area contributed by atoms with Gasteiger partial charge in [0, 0.05) is 16.4 Å². The monoisotopic (exact) mass is 392 g/mol. The molecular formula is C17H21BrN4O2. The standard InChI is InChI=1S/C17H21BrN4O2/c1-17(2,3)16-21-15(24-22-16)14(23)20-13-6-7-19-9-10-8-11(18)4-5-12(10)13/h4-5,8,13,19H,6-7,9H2,1-3H3,(H,20,23). The number of carbonyl (C=O) groups is 1. The normalized spacial score (nSPS) is 17.9. The van der Waals surface area contributed by atoms with Crippen LogP contribution in [0.3, 0.4) is 0 Å². The Kier molecular flexibility index (Phi) is 4.73. The van der Waals surface area contributed by atoms with Crippen molar-refractivity contribution in [1.82, 2.24) is 20.8 Å². The molecule has 1 aromatic carbocycles. The number of amides is 1. The van der Waals surface area contributed by atoms with Crippen LogP contribution >= 0.6 is 15.9 Å². The second-order valence-electron chi connectivity index (χ2n) is 7.01. The Morgan fingerprint density at radius 1 is 1.42 bits per heavy atom. The molecular weight excluding hydrogens is 372 g/mol. The summed E-state index contributed by atoms with van der Waals surface area (Å²) in [4.78, 5) is 16.7. The number of hydrogen-bond acceptors (Lipinski definition) is 5. The molecule has 0 aliphatic carbocycles. The van der Waals surface area contributed by atoms with E-state index in [0.717, 1.165) is 29.5 Å². The van der Waals surface area contributed by atoms with Gasteiger partial charge in [0.1, 0.15) is 0 Å². The summed E-state index contributed by atoms with van der Waals surface area (Å²) in [6.45, 7) is 7.55. The molecule has 2 aromatic rings. The van der Waals surface area contributed by atoms with E-state index in [2.05, 4.69) is 42.8 Å². The number of aromatic nitrogens is 2. The van der Waals surface area contributed by atoms with E-state index in [1.807, 2.05) is 32.9 Å². The van der Waals surface area contributed by atoms with E-state index in [0.29, 0.717) is 5.82 Å². The Morgan fingerprint density at radius 2 is 2.21 bits per heavy atom. The van der Waals surface area contributed by atoms with Gasteiger partial charge in [-0.25, -0.2) is 0 Å². The van der Waals surface area contributed by atoms with E-state index in [1.54, 1.807) is 0 Å². The first-order valence-corrected chi connectivity index (χ1v) is 8.78. The molecule has 1 aromatic heterocycles. The van der Waals surface area contributed by atoms with Crippen LogP contribution in [0.15, 0.2) is 27.2 Å². The smallest absolute Gasteiger partial charge is 0.315 e. The zero-order valence-corrected chi connectivity index (χ0v) is 15.6. The van der Waals surface area contributed by atoms with Crippen LogP contribution in [0, 0.1) is 0 Å². The molecule has 0 fully saturated rings. The predicted octanol–water partition coefficient (Wildman–Crippen LogP) is 3.09. The van der Waals surface area contributed by atoms with Crippen molar-refractivity contribution in [3.8, 4) is 0 Å². The van der Waals surface area contributed by atoms with Crippen LogP contribution in [-0.4, -0.2) is 22.6 Å². The second kappa shape index (κ2) is 6.64. The molecule has 1 atom stereocenters. The quantitative estimate of drug-likeness (QED) is 0.820. The van der Waals surface area contributed by atoms with E-state index in [4.69, 9.17) is 4.52 Å². The molecule has 2 N–H and O–H groups in total. The predicted molar refractivity (Wildman–Crippen MR) is 93.7 cm³/mol. The molecule has 2 heterocycles. The van der Waals surface area contributed by atoms with Gasteiger partial charge in [-0.15, -0.1) is 0 Å². The Bertz CT molecular complexity index is 751. The van der Waals surface area contributed by atoms with Crippen molar-refractivity contribution in [1.29, 1.82) is 0 Å². The summed E-state index contributed by atoms with van der Waals surface area (Å²) < 4.78 is 6.17. The number of benzene rings is 1.